The van der Waals surface area contributed by atoms with Crippen LogP contribution in [-0.2, 0) is 9.53 Å². The smallest absolute Gasteiger partial charge is 0.309 e. The molecule has 0 N–H and O–H groups in total. The van der Waals surface area contributed by atoms with Crippen LogP contribution >= 0.6 is 0 Å². The van der Waals surface area contributed by atoms with Gasteiger partial charge in [-0.3, -0.25) is 4.79 Å². The highest BCUT2D eigenvalue weighted by atomic mass is 16.5. The second-order valence-corrected chi connectivity index (χ2v) is 5.03. The van der Waals surface area contributed by atoms with E-state index in [2.05, 4.69) is 12.2 Å². The fourth-order valence-corrected chi connectivity index (χ4v) is 2.63. The summed E-state index contributed by atoms with van der Waals surface area (Å²) in [5, 5.41) is 0. The van der Waals surface area contributed by atoms with Crippen LogP contribution in [0.1, 0.15) is 57.8 Å². The van der Waals surface area contributed by atoms with Gasteiger partial charge in [0.1, 0.15) is 6.10 Å². The number of carbonyl (C=O) groups excluding carboxylic acids is 1. The van der Waals surface area contributed by atoms with Gasteiger partial charge in [-0.25, -0.2) is 0 Å². The molecule has 1 atom stereocenters. The number of rotatable bonds is 2. The van der Waals surface area contributed by atoms with E-state index in [0.29, 0.717) is 0 Å². The highest BCUT2D eigenvalue weighted by Gasteiger charge is 2.23. The van der Waals surface area contributed by atoms with E-state index in [-0.39, 0.29) is 18.0 Å². The lowest BCUT2D eigenvalue weighted by molar-refractivity contribution is -0.155. The van der Waals surface area contributed by atoms with E-state index in [4.69, 9.17) is 4.74 Å². The molecule has 0 aromatic heterocycles. The molecule has 1 unspecified atom stereocenters. The average Bonchev–Trinajstić information content (AvgIpc) is 2.59. The van der Waals surface area contributed by atoms with E-state index in [9.17, 15) is 4.79 Å². The van der Waals surface area contributed by atoms with Gasteiger partial charge in [0.05, 0.1) is 5.92 Å². The van der Waals surface area contributed by atoms with E-state index >= 15 is 0 Å². The van der Waals surface area contributed by atoms with E-state index in [1.165, 1.54) is 25.7 Å². The molecule has 0 radical (unpaired) electrons. The minimum Gasteiger partial charge on any atom is -0.462 e. The number of ether oxygens (including phenoxy) is 1. The highest BCUT2D eigenvalue weighted by molar-refractivity contribution is 5.73. The Hall–Kier alpha value is -0.790. The van der Waals surface area contributed by atoms with Crippen LogP contribution in [0.2, 0.25) is 0 Å². The molecule has 1 saturated carbocycles. The molecule has 0 aromatic rings. The molecule has 0 bridgehead atoms. The van der Waals surface area contributed by atoms with Crippen molar-refractivity contribution in [2.45, 2.75) is 63.9 Å². The predicted octanol–water partition coefficient (Wildman–Crippen LogP) is 3.61. The fourth-order valence-electron chi connectivity index (χ4n) is 2.63. The molecule has 16 heavy (non-hydrogen) atoms. The third-order valence-corrected chi connectivity index (χ3v) is 3.69. The van der Waals surface area contributed by atoms with Gasteiger partial charge in [0, 0.05) is 0 Å². The first-order chi connectivity index (χ1) is 7.86. The van der Waals surface area contributed by atoms with Gasteiger partial charge in [0.15, 0.2) is 0 Å². The molecular formula is C14H22O2. The fraction of sp³-hybridized carbons (Fsp3) is 0.786. The third-order valence-electron chi connectivity index (χ3n) is 3.69. The summed E-state index contributed by atoms with van der Waals surface area (Å²) < 4.78 is 5.64. The van der Waals surface area contributed by atoms with Gasteiger partial charge >= 0.3 is 5.97 Å². The lowest BCUT2D eigenvalue weighted by atomic mass is 9.94. The lowest BCUT2D eigenvalue weighted by Gasteiger charge is -2.21. The molecule has 2 heteroatoms. The zero-order chi connectivity index (χ0) is 11.2. The van der Waals surface area contributed by atoms with Gasteiger partial charge in [0.2, 0.25) is 0 Å². The van der Waals surface area contributed by atoms with Crippen LogP contribution in [0.25, 0.3) is 0 Å². The van der Waals surface area contributed by atoms with Crippen molar-refractivity contribution in [3.05, 3.63) is 12.2 Å². The van der Waals surface area contributed by atoms with Crippen molar-refractivity contribution in [1.29, 1.82) is 0 Å². The van der Waals surface area contributed by atoms with Gasteiger partial charge in [-0.2, -0.15) is 0 Å². The van der Waals surface area contributed by atoms with Crippen molar-refractivity contribution in [2.75, 3.05) is 0 Å². The molecule has 2 nitrogen and oxygen atoms in total. The molecule has 90 valence electrons. The van der Waals surface area contributed by atoms with E-state index in [0.717, 1.165) is 32.1 Å². The summed E-state index contributed by atoms with van der Waals surface area (Å²) in [6.45, 7) is 0. The number of hydrogen-bond acceptors (Lipinski definition) is 2. The van der Waals surface area contributed by atoms with E-state index in [1.807, 2.05) is 0 Å². The van der Waals surface area contributed by atoms with Crippen LogP contribution in [-0.4, -0.2) is 12.1 Å². The maximum Gasteiger partial charge on any atom is 0.309 e. The molecule has 2 rings (SSSR count). The normalized spacial score (nSPS) is 27.4. The molecular weight excluding hydrogens is 200 g/mol. The average molecular weight is 222 g/mol. The van der Waals surface area contributed by atoms with Crippen LogP contribution in [0, 0.1) is 5.92 Å². The van der Waals surface area contributed by atoms with Crippen molar-refractivity contribution in [2.24, 2.45) is 5.92 Å². The van der Waals surface area contributed by atoms with Crippen LogP contribution in [0.3, 0.4) is 0 Å². The number of esters is 1. The molecule has 0 spiro atoms. The van der Waals surface area contributed by atoms with Gasteiger partial charge in [0.25, 0.3) is 0 Å². The van der Waals surface area contributed by atoms with Gasteiger partial charge in [-0.05, 0) is 44.9 Å². The Kier molecular flexibility index (Phi) is 4.44. The van der Waals surface area contributed by atoms with Crippen molar-refractivity contribution in [1.82, 2.24) is 0 Å². The predicted molar refractivity (Wildman–Crippen MR) is 64.1 cm³/mol. The standard InChI is InChI=1S/C14H22O2/c15-14(12-8-4-3-5-9-12)16-13-10-6-1-2-7-11-13/h3-4,12-13H,1-2,5-11H2. The summed E-state index contributed by atoms with van der Waals surface area (Å²) in [7, 11) is 0. The Balaban J connectivity index is 1.78. The largest absolute Gasteiger partial charge is 0.462 e. The topological polar surface area (TPSA) is 26.3 Å². The first-order valence-electron chi connectivity index (χ1n) is 6.72. The Morgan fingerprint density at radius 1 is 1.00 bits per heavy atom. The molecule has 1 fully saturated rings. The van der Waals surface area contributed by atoms with E-state index in [1.54, 1.807) is 0 Å². The summed E-state index contributed by atoms with van der Waals surface area (Å²) in [6.07, 6.45) is 14.6. The SMILES string of the molecule is O=C(OC1CCCCCC1)C1CC=CCC1. The van der Waals surface area contributed by atoms with Crippen LogP contribution < -0.4 is 0 Å². The summed E-state index contributed by atoms with van der Waals surface area (Å²) in [4.78, 5) is 11.9. The zero-order valence-corrected chi connectivity index (χ0v) is 9.99. The summed E-state index contributed by atoms with van der Waals surface area (Å²) in [5.74, 6) is 0.185. The molecule has 2 aliphatic carbocycles. The van der Waals surface area contributed by atoms with Crippen LogP contribution in [0.5, 0.6) is 0 Å². The molecule has 0 amide bonds. The van der Waals surface area contributed by atoms with Crippen LogP contribution in [0.15, 0.2) is 12.2 Å². The van der Waals surface area contributed by atoms with Crippen LogP contribution in [0.4, 0.5) is 0 Å². The maximum absolute atomic E-state index is 11.9. The Bertz CT molecular complexity index is 249. The van der Waals surface area contributed by atoms with Gasteiger partial charge in [-0.15, -0.1) is 0 Å². The highest BCUT2D eigenvalue weighted by Crippen LogP contribution is 2.24. The second-order valence-electron chi connectivity index (χ2n) is 5.03. The van der Waals surface area contributed by atoms with Crippen molar-refractivity contribution >= 4 is 5.97 Å². The first kappa shape index (κ1) is 11.7. The molecule has 0 aliphatic heterocycles. The lowest BCUT2D eigenvalue weighted by Crippen LogP contribution is -2.24. The molecule has 0 aromatic carbocycles. The third kappa shape index (κ3) is 3.36. The summed E-state index contributed by atoms with van der Waals surface area (Å²) >= 11 is 0. The second kappa shape index (κ2) is 6.07. The van der Waals surface area contributed by atoms with Gasteiger partial charge < -0.3 is 4.74 Å². The summed E-state index contributed by atoms with van der Waals surface area (Å²) in [5.41, 5.74) is 0. The van der Waals surface area contributed by atoms with Crippen molar-refractivity contribution in [3.63, 3.8) is 0 Å². The Labute approximate surface area is 98.1 Å². The monoisotopic (exact) mass is 222 g/mol. The Morgan fingerprint density at radius 2 is 1.75 bits per heavy atom. The number of allylic oxidation sites excluding steroid dienone is 2. The summed E-state index contributed by atoms with van der Waals surface area (Å²) in [6, 6.07) is 0. The minimum atomic E-state index is 0.0521. The molecule has 0 saturated heterocycles. The van der Waals surface area contributed by atoms with Crippen molar-refractivity contribution < 1.29 is 9.53 Å². The van der Waals surface area contributed by atoms with Gasteiger partial charge in [-0.1, -0.05) is 25.0 Å². The maximum atomic E-state index is 11.9. The van der Waals surface area contributed by atoms with Crippen molar-refractivity contribution in [3.8, 4) is 0 Å². The zero-order valence-electron chi connectivity index (χ0n) is 9.99. The number of carbonyl (C=O) groups is 1. The molecule has 0 heterocycles. The van der Waals surface area contributed by atoms with E-state index < -0.39 is 0 Å². The number of hydrogen-bond donors (Lipinski definition) is 0. The quantitative estimate of drug-likeness (QED) is 0.405. The molecule has 2 aliphatic rings. The first-order valence-corrected chi connectivity index (χ1v) is 6.72. The minimum absolute atomic E-state index is 0.0521. The Morgan fingerprint density at radius 3 is 2.38 bits per heavy atom.